The van der Waals surface area contributed by atoms with Gasteiger partial charge in [0.1, 0.15) is 5.41 Å². The predicted octanol–water partition coefficient (Wildman–Crippen LogP) is 1.80. The molecule has 2 aliphatic heterocycles. The first-order chi connectivity index (χ1) is 12.0. The monoisotopic (exact) mass is 342 g/mol. The van der Waals surface area contributed by atoms with Crippen molar-refractivity contribution in [2.45, 2.75) is 38.6 Å². The van der Waals surface area contributed by atoms with E-state index >= 15 is 0 Å². The van der Waals surface area contributed by atoms with Crippen molar-refractivity contribution in [1.29, 1.82) is 0 Å². The molecule has 1 aliphatic carbocycles. The van der Waals surface area contributed by atoms with E-state index in [9.17, 15) is 14.7 Å². The summed E-state index contributed by atoms with van der Waals surface area (Å²) in [6, 6.07) is 9.10. The van der Waals surface area contributed by atoms with Crippen LogP contribution < -0.4 is 0 Å². The third-order valence-electron chi connectivity index (χ3n) is 6.64. The Labute approximate surface area is 148 Å². The van der Waals surface area contributed by atoms with Crippen molar-refractivity contribution in [3.05, 3.63) is 35.4 Å². The van der Waals surface area contributed by atoms with Crippen molar-refractivity contribution in [3.63, 3.8) is 0 Å². The van der Waals surface area contributed by atoms with Gasteiger partial charge in [-0.15, -0.1) is 0 Å². The number of likely N-dealkylation sites (tertiary alicyclic amines) is 2. The summed E-state index contributed by atoms with van der Waals surface area (Å²) in [5.41, 5.74) is 2.12. The molecule has 2 fully saturated rings. The zero-order chi connectivity index (χ0) is 17.6. The fourth-order valence-corrected chi connectivity index (χ4v) is 5.12. The number of amides is 1. The van der Waals surface area contributed by atoms with Crippen molar-refractivity contribution in [2.24, 2.45) is 11.3 Å². The standard InChI is InChI=1S/C20H26N2O3/c1-14(23)21-10-17-11-22(13-20(17,12-21)19(24)25)18-8-6-15-4-2-3-5-16(15)7-9-18/h2-5,17-18H,6-13H2,1H3,(H,24,25)/t17-,20-/m0/s1. The first-order valence-corrected chi connectivity index (χ1v) is 9.29. The Morgan fingerprint density at radius 1 is 1.08 bits per heavy atom. The number of carbonyl (C=O) groups excluding carboxylic acids is 1. The molecule has 5 heteroatoms. The molecule has 1 aromatic carbocycles. The van der Waals surface area contributed by atoms with E-state index < -0.39 is 11.4 Å². The van der Waals surface area contributed by atoms with Crippen molar-refractivity contribution < 1.29 is 14.7 Å². The molecule has 2 saturated heterocycles. The molecule has 134 valence electrons. The summed E-state index contributed by atoms with van der Waals surface area (Å²) in [5, 5.41) is 9.92. The summed E-state index contributed by atoms with van der Waals surface area (Å²) in [6.45, 7) is 3.88. The van der Waals surface area contributed by atoms with Gasteiger partial charge < -0.3 is 10.0 Å². The maximum Gasteiger partial charge on any atom is 0.313 e. The van der Waals surface area contributed by atoms with Crippen LogP contribution in [0.4, 0.5) is 0 Å². The molecule has 5 nitrogen and oxygen atoms in total. The first kappa shape index (κ1) is 16.6. The molecule has 0 radical (unpaired) electrons. The van der Waals surface area contributed by atoms with Crippen molar-refractivity contribution >= 4 is 11.9 Å². The molecule has 25 heavy (non-hydrogen) atoms. The van der Waals surface area contributed by atoms with E-state index in [0.717, 1.165) is 32.2 Å². The molecule has 1 amide bonds. The summed E-state index contributed by atoms with van der Waals surface area (Å²) >= 11 is 0. The van der Waals surface area contributed by atoms with Gasteiger partial charge in [0, 0.05) is 45.1 Å². The van der Waals surface area contributed by atoms with E-state index in [1.165, 1.54) is 18.1 Å². The van der Waals surface area contributed by atoms with Crippen LogP contribution in [0.15, 0.2) is 24.3 Å². The van der Waals surface area contributed by atoms with Crippen LogP contribution in [0.25, 0.3) is 0 Å². The van der Waals surface area contributed by atoms with Gasteiger partial charge in [-0.25, -0.2) is 0 Å². The number of aryl methyl sites for hydroxylation is 2. The second-order valence-corrected chi connectivity index (χ2v) is 7.99. The highest BCUT2D eigenvalue weighted by atomic mass is 16.4. The van der Waals surface area contributed by atoms with E-state index in [4.69, 9.17) is 0 Å². The van der Waals surface area contributed by atoms with E-state index in [1.54, 1.807) is 4.90 Å². The van der Waals surface area contributed by atoms with E-state index in [2.05, 4.69) is 29.2 Å². The fourth-order valence-electron chi connectivity index (χ4n) is 5.12. The largest absolute Gasteiger partial charge is 0.481 e. The lowest BCUT2D eigenvalue weighted by molar-refractivity contribution is -0.149. The summed E-state index contributed by atoms with van der Waals surface area (Å²) in [7, 11) is 0. The molecule has 3 aliphatic rings. The van der Waals surface area contributed by atoms with Gasteiger partial charge in [0.25, 0.3) is 0 Å². The molecule has 1 aromatic rings. The van der Waals surface area contributed by atoms with Gasteiger partial charge in [-0.3, -0.25) is 14.5 Å². The lowest BCUT2D eigenvalue weighted by Gasteiger charge is -2.30. The third-order valence-corrected chi connectivity index (χ3v) is 6.64. The SMILES string of the molecule is CC(=O)N1C[C@H]2CN(C3CCc4ccccc4CC3)C[C@@]2(C(=O)O)C1. The van der Waals surface area contributed by atoms with Crippen molar-refractivity contribution in [1.82, 2.24) is 9.80 Å². The third kappa shape index (κ3) is 2.74. The molecule has 0 saturated carbocycles. The van der Waals surface area contributed by atoms with Gasteiger partial charge in [-0.1, -0.05) is 24.3 Å². The fraction of sp³-hybridized carbons (Fsp3) is 0.600. The zero-order valence-corrected chi connectivity index (χ0v) is 14.8. The Kier molecular flexibility index (Phi) is 4.07. The Hall–Kier alpha value is -1.88. The number of carboxylic acid groups (broad SMARTS) is 1. The quantitative estimate of drug-likeness (QED) is 0.833. The lowest BCUT2D eigenvalue weighted by atomic mass is 9.81. The Balaban J connectivity index is 1.49. The molecule has 0 bridgehead atoms. The van der Waals surface area contributed by atoms with Crippen LogP contribution >= 0.6 is 0 Å². The summed E-state index contributed by atoms with van der Waals surface area (Å²) < 4.78 is 0. The minimum Gasteiger partial charge on any atom is -0.481 e. The molecule has 1 N–H and O–H groups in total. The highest BCUT2D eigenvalue weighted by Gasteiger charge is 2.58. The minimum atomic E-state index is -0.773. The normalized spacial score (nSPS) is 30.0. The van der Waals surface area contributed by atoms with Crippen LogP contribution in [0, 0.1) is 11.3 Å². The second-order valence-electron chi connectivity index (χ2n) is 7.99. The first-order valence-electron chi connectivity index (χ1n) is 9.29. The van der Waals surface area contributed by atoms with Crippen LogP contribution in [0.2, 0.25) is 0 Å². The van der Waals surface area contributed by atoms with E-state index in [1.807, 2.05) is 0 Å². The lowest BCUT2D eigenvalue weighted by Crippen LogP contribution is -2.43. The van der Waals surface area contributed by atoms with Crippen LogP contribution in [0.5, 0.6) is 0 Å². The molecular formula is C20H26N2O3. The van der Waals surface area contributed by atoms with Crippen molar-refractivity contribution in [3.8, 4) is 0 Å². The van der Waals surface area contributed by atoms with Gasteiger partial charge in [-0.05, 0) is 36.8 Å². The molecule has 0 aromatic heterocycles. The second kappa shape index (κ2) is 6.13. The molecule has 2 atom stereocenters. The zero-order valence-electron chi connectivity index (χ0n) is 14.8. The Bertz CT molecular complexity index is 677. The Morgan fingerprint density at radius 3 is 2.24 bits per heavy atom. The van der Waals surface area contributed by atoms with Gasteiger partial charge >= 0.3 is 5.97 Å². The highest BCUT2D eigenvalue weighted by Crippen LogP contribution is 2.44. The number of benzene rings is 1. The average molecular weight is 342 g/mol. The number of rotatable bonds is 2. The molecule has 4 rings (SSSR count). The van der Waals surface area contributed by atoms with Crippen LogP contribution in [-0.2, 0) is 22.4 Å². The minimum absolute atomic E-state index is 0.00788. The van der Waals surface area contributed by atoms with Crippen molar-refractivity contribution in [2.75, 3.05) is 26.2 Å². The number of hydrogen-bond acceptors (Lipinski definition) is 3. The van der Waals surface area contributed by atoms with Gasteiger partial charge in [-0.2, -0.15) is 0 Å². The number of fused-ring (bicyclic) bond motifs is 2. The van der Waals surface area contributed by atoms with Crippen LogP contribution in [0.1, 0.15) is 30.9 Å². The number of aliphatic carboxylic acids is 1. The topological polar surface area (TPSA) is 60.9 Å². The van der Waals surface area contributed by atoms with Gasteiger partial charge in [0.15, 0.2) is 0 Å². The number of hydrogen-bond donors (Lipinski definition) is 1. The molecule has 2 heterocycles. The number of carbonyl (C=O) groups is 2. The van der Waals surface area contributed by atoms with Crippen LogP contribution in [-0.4, -0.2) is 59.0 Å². The smallest absolute Gasteiger partial charge is 0.313 e. The molecule has 0 unspecified atom stereocenters. The van der Waals surface area contributed by atoms with Gasteiger partial charge in [0.05, 0.1) is 0 Å². The molecular weight excluding hydrogens is 316 g/mol. The maximum atomic E-state index is 12.1. The maximum absolute atomic E-state index is 12.1. The van der Waals surface area contributed by atoms with Crippen LogP contribution in [0.3, 0.4) is 0 Å². The summed E-state index contributed by atoms with van der Waals surface area (Å²) in [5.74, 6) is -0.688. The molecule has 0 spiro atoms. The number of nitrogens with zero attached hydrogens (tertiary/aromatic N) is 2. The number of carboxylic acids is 1. The summed E-state index contributed by atoms with van der Waals surface area (Å²) in [6.07, 6.45) is 4.33. The Morgan fingerprint density at radius 2 is 1.72 bits per heavy atom. The summed E-state index contributed by atoms with van der Waals surface area (Å²) in [4.78, 5) is 27.9. The van der Waals surface area contributed by atoms with E-state index in [-0.39, 0.29) is 11.8 Å². The highest BCUT2D eigenvalue weighted by molar-refractivity contribution is 5.80. The van der Waals surface area contributed by atoms with Gasteiger partial charge in [0.2, 0.25) is 5.91 Å². The predicted molar refractivity (Wildman–Crippen MR) is 94.3 cm³/mol. The van der Waals surface area contributed by atoms with E-state index in [0.29, 0.717) is 25.7 Å². The average Bonchev–Trinajstić information content (AvgIpc) is 3.03.